The summed E-state index contributed by atoms with van der Waals surface area (Å²) in [4.78, 5) is 6.86. The van der Waals surface area contributed by atoms with Crippen LogP contribution in [0.1, 0.15) is 25.5 Å². The summed E-state index contributed by atoms with van der Waals surface area (Å²) < 4.78 is 12.5. The molecule has 1 saturated carbocycles. The first-order valence-electron chi connectivity index (χ1n) is 8.77. The number of aromatic nitrogens is 1. The molecule has 2 fully saturated rings. The lowest BCUT2D eigenvalue weighted by Crippen LogP contribution is -2.63. The molecule has 6 heteroatoms. The Labute approximate surface area is 151 Å². The van der Waals surface area contributed by atoms with Gasteiger partial charge in [0.05, 0.1) is 10.7 Å². The van der Waals surface area contributed by atoms with Crippen LogP contribution in [0, 0.1) is 0 Å². The zero-order valence-electron chi connectivity index (χ0n) is 14.0. The quantitative estimate of drug-likeness (QED) is 0.893. The predicted octanol–water partition coefficient (Wildman–Crippen LogP) is 3.32. The Kier molecular flexibility index (Phi) is 3.37. The Morgan fingerprint density at radius 3 is 2.92 bits per heavy atom. The molecule has 1 aromatic heterocycles. The summed E-state index contributed by atoms with van der Waals surface area (Å²) in [6.07, 6.45) is 4.09. The van der Waals surface area contributed by atoms with E-state index < -0.39 is 5.79 Å². The molecule has 5 nitrogen and oxygen atoms in total. The summed E-state index contributed by atoms with van der Waals surface area (Å²) in [5.41, 5.74) is 1.83. The lowest BCUT2D eigenvalue weighted by Gasteiger charge is -2.50. The number of fused-ring (bicyclic) bond motifs is 2. The highest BCUT2D eigenvalue weighted by Gasteiger charge is 2.44. The molecule has 1 aliphatic carbocycles. The summed E-state index contributed by atoms with van der Waals surface area (Å²) in [7, 11) is 0. The fraction of sp³-hybridized carbons (Fsp3) is 0.421. The van der Waals surface area contributed by atoms with Gasteiger partial charge in [0.2, 0.25) is 0 Å². The highest BCUT2D eigenvalue weighted by Crippen LogP contribution is 2.50. The minimum atomic E-state index is -0.934. The molecule has 130 valence electrons. The largest absolute Gasteiger partial charge is 0.443 e. The third-order valence-electron chi connectivity index (χ3n) is 5.46. The number of hydrogen-bond donors (Lipinski definition) is 1. The van der Waals surface area contributed by atoms with E-state index in [4.69, 9.17) is 21.1 Å². The minimum Gasteiger partial charge on any atom is -0.443 e. The van der Waals surface area contributed by atoms with Gasteiger partial charge in [-0.05, 0) is 37.1 Å². The first-order valence-corrected chi connectivity index (χ1v) is 9.15. The van der Waals surface area contributed by atoms with Crippen molar-refractivity contribution in [2.45, 2.75) is 37.6 Å². The predicted molar refractivity (Wildman–Crippen MR) is 96.5 cm³/mol. The van der Waals surface area contributed by atoms with Gasteiger partial charge in [-0.3, -0.25) is 4.98 Å². The summed E-state index contributed by atoms with van der Waals surface area (Å²) in [6.45, 7) is 3.88. The van der Waals surface area contributed by atoms with Gasteiger partial charge in [0.1, 0.15) is 5.69 Å². The van der Waals surface area contributed by atoms with Crippen molar-refractivity contribution >= 4 is 17.3 Å². The second-order valence-corrected chi connectivity index (χ2v) is 7.45. The van der Waals surface area contributed by atoms with Crippen molar-refractivity contribution in [2.24, 2.45) is 0 Å². The van der Waals surface area contributed by atoms with Gasteiger partial charge in [-0.2, -0.15) is 0 Å². The van der Waals surface area contributed by atoms with Gasteiger partial charge < -0.3 is 19.7 Å². The zero-order chi connectivity index (χ0) is 17.0. The number of hydrogen-bond acceptors (Lipinski definition) is 5. The number of pyridine rings is 1. The zero-order valence-corrected chi connectivity index (χ0v) is 14.8. The van der Waals surface area contributed by atoms with Crippen LogP contribution < -0.4 is 19.7 Å². The number of para-hydroxylation sites is 1. The van der Waals surface area contributed by atoms with Crippen LogP contribution >= 0.6 is 11.6 Å². The Morgan fingerprint density at radius 1 is 1.24 bits per heavy atom. The molecular formula is C19H20ClN3O2. The SMILES string of the molecule is CC1(c2ccc(Cl)cn2)Oc2cccc(N3CCN[C@H]4CC[C@@H]43)c2O1. The maximum absolute atomic E-state index is 6.32. The van der Waals surface area contributed by atoms with Gasteiger partial charge in [-0.15, -0.1) is 0 Å². The number of piperazine rings is 1. The molecule has 2 aliphatic heterocycles. The first kappa shape index (κ1) is 15.3. The Morgan fingerprint density at radius 2 is 2.16 bits per heavy atom. The molecule has 2 aromatic rings. The number of nitrogens with zero attached hydrogens (tertiary/aromatic N) is 2. The molecule has 0 spiro atoms. The van der Waals surface area contributed by atoms with E-state index in [0.29, 0.717) is 22.8 Å². The number of nitrogens with one attached hydrogen (secondary N) is 1. The number of ether oxygens (including phenoxy) is 2. The normalized spacial score (nSPS) is 29.9. The van der Waals surface area contributed by atoms with Gasteiger partial charge in [-0.25, -0.2) is 0 Å². The molecular weight excluding hydrogens is 338 g/mol. The van der Waals surface area contributed by atoms with Gasteiger partial charge in [0.25, 0.3) is 5.79 Å². The summed E-state index contributed by atoms with van der Waals surface area (Å²) in [6, 6.07) is 10.9. The third kappa shape index (κ3) is 2.37. The molecule has 3 aliphatic rings. The molecule has 3 atom stereocenters. The van der Waals surface area contributed by atoms with Crippen LogP contribution in [-0.2, 0) is 5.79 Å². The van der Waals surface area contributed by atoms with E-state index >= 15 is 0 Å². The number of rotatable bonds is 2. The fourth-order valence-electron chi connectivity index (χ4n) is 4.02. The number of halogens is 1. The van der Waals surface area contributed by atoms with E-state index in [2.05, 4.69) is 21.3 Å². The van der Waals surface area contributed by atoms with Crippen LogP contribution in [0.15, 0.2) is 36.5 Å². The molecule has 1 aromatic carbocycles. The van der Waals surface area contributed by atoms with E-state index in [0.717, 1.165) is 30.3 Å². The monoisotopic (exact) mass is 357 g/mol. The summed E-state index contributed by atoms with van der Waals surface area (Å²) in [5, 5.41) is 4.19. The van der Waals surface area contributed by atoms with E-state index in [1.165, 1.54) is 12.8 Å². The van der Waals surface area contributed by atoms with Gasteiger partial charge in [0.15, 0.2) is 11.5 Å². The highest BCUT2D eigenvalue weighted by molar-refractivity contribution is 6.30. The third-order valence-corrected chi connectivity index (χ3v) is 5.68. The molecule has 3 heterocycles. The molecule has 1 N–H and O–H groups in total. The van der Waals surface area contributed by atoms with Gasteiger partial charge in [-0.1, -0.05) is 17.7 Å². The second-order valence-electron chi connectivity index (χ2n) is 7.01. The maximum atomic E-state index is 6.32. The average Bonchev–Trinajstić information content (AvgIpc) is 2.93. The number of benzene rings is 1. The van der Waals surface area contributed by atoms with E-state index in [1.807, 2.05) is 25.1 Å². The minimum absolute atomic E-state index is 0.546. The van der Waals surface area contributed by atoms with Crippen LogP contribution in [0.25, 0.3) is 0 Å². The average molecular weight is 358 g/mol. The van der Waals surface area contributed by atoms with Crippen molar-refractivity contribution in [3.63, 3.8) is 0 Å². The van der Waals surface area contributed by atoms with Crippen LogP contribution in [0.3, 0.4) is 0 Å². The van der Waals surface area contributed by atoms with Crippen molar-refractivity contribution in [1.82, 2.24) is 10.3 Å². The van der Waals surface area contributed by atoms with Crippen molar-refractivity contribution in [3.8, 4) is 11.5 Å². The molecule has 25 heavy (non-hydrogen) atoms. The van der Waals surface area contributed by atoms with E-state index in [9.17, 15) is 0 Å². The van der Waals surface area contributed by atoms with Crippen LogP contribution in [0.4, 0.5) is 5.69 Å². The fourth-order valence-corrected chi connectivity index (χ4v) is 4.13. The highest BCUT2D eigenvalue weighted by atomic mass is 35.5. The molecule has 0 bridgehead atoms. The lowest BCUT2D eigenvalue weighted by molar-refractivity contribution is -0.0716. The topological polar surface area (TPSA) is 46.6 Å². The van der Waals surface area contributed by atoms with Crippen molar-refractivity contribution in [2.75, 3.05) is 18.0 Å². The number of anilines is 1. The molecule has 1 unspecified atom stereocenters. The van der Waals surface area contributed by atoms with Crippen molar-refractivity contribution in [3.05, 3.63) is 47.2 Å². The molecule has 5 rings (SSSR count). The Balaban J connectivity index is 1.50. The summed E-state index contributed by atoms with van der Waals surface area (Å²) >= 11 is 5.96. The first-order chi connectivity index (χ1) is 12.1. The molecule has 1 saturated heterocycles. The van der Waals surface area contributed by atoms with E-state index in [-0.39, 0.29) is 0 Å². The van der Waals surface area contributed by atoms with E-state index in [1.54, 1.807) is 12.3 Å². The molecule has 0 radical (unpaired) electrons. The maximum Gasteiger partial charge on any atom is 0.292 e. The van der Waals surface area contributed by atoms with Crippen molar-refractivity contribution in [1.29, 1.82) is 0 Å². The Bertz CT molecular complexity index is 813. The molecule has 0 amide bonds. The van der Waals surface area contributed by atoms with Gasteiger partial charge in [0, 0.05) is 38.3 Å². The van der Waals surface area contributed by atoms with Crippen LogP contribution in [0.5, 0.6) is 11.5 Å². The van der Waals surface area contributed by atoms with Crippen molar-refractivity contribution < 1.29 is 9.47 Å². The standard InChI is InChI=1S/C19H20ClN3O2/c1-19(17-8-5-12(20)11-22-17)24-16-4-2-3-15(18(16)25-19)23-10-9-21-13-6-7-14(13)23/h2-5,8,11,13-14,21H,6-7,9-10H2,1H3/t13-,14-,19?/m0/s1. The smallest absolute Gasteiger partial charge is 0.292 e. The second kappa shape index (κ2) is 5.51. The lowest BCUT2D eigenvalue weighted by atomic mass is 9.83. The van der Waals surface area contributed by atoms with Crippen LogP contribution in [0.2, 0.25) is 5.02 Å². The Hall–Kier alpha value is -1.98. The van der Waals surface area contributed by atoms with Crippen LogP contribution in [-0.4, -0.2) is 30.2 Å². The summed E-state index contributed by atoms with van der Waals surface area (Å²) in [5.74, 6) is 0.649. The van der Waals surface area contributed by atoms with Gasteiger partial charge >= 0.3 is 0 Å².